The number of anilines is 1. The number of benzene rings is 2. The van der Waals surface area contributed by atoms with Gasteiger partial charge in [0.2, 0.25) is 5.91 Å². The van der Waals surface area contributed by atoms with Crippen LogP contribution in [0.1, 0.15) is 55.7 Å². The van der Waals surface area contributed by atoms with Crippen molar-refractivity contribution in [1.29, 1.82) is 0 Å². The lowest BCUT2D eigenvalue weighted by atomic mass is 9.80. The molecule has 0 bridgehead atoms. The molecule has 1 heterocycles. The van der Waals surface area contributed by atoms with Gasteiger partial charge in [-0.3, -0.25) is 4.79 Å². The average Bonchev–Trinajstić information content (AvgIpc) is 2.64. The van der Waals surface area contributed by atoms with E-state index in [4.69, 9.17) is 0 Å². The van der Waals surface area contributed by atoms with E-state index in [1.165, 1.54) is 40.7 Å². The molecule has 122 valence electrons. The van der Waals surface area contributed by atoms with Crippen molar-refractivity contribution < 1.29 is 4.79 Å². The predicted octanol–water partition coefficient (Wildman–Crippen LogP) is 5.43. The van der Waals surface area contributed by atoms with Crippen molar-refractivity contribution in [2.24, 2.45) is 0 Å². The van der Waals surface area contributed by atoms with Crippen LogP contribution >= 0.6 is 0 Å². The van der Waals surface area contributed by atoms with Crippen LogP contribution < -0.4 is 4.90 Å². The fourth-order valence-corrected chi connectivity index (χ4v) is 4.09. The summed E-state index contributed by atoms with van der Waals surface area (Å²) < 4.78 is 0. The fourth-order valence-electron chi connectivity index (χ4n) is 4.09. The van der Waals surface area contributed by atoms with Crippen molar-refractivity contribution in [2.45, 2.75) is 45.6 Å². The first-order chi connectivity index (χ1) is 11.8. The molecule has 2 aliphatic rings. The monoisotopic (exact) mass is 317 g/mol. The van der Waals surface area contributed by atoms with Gasteiger partial charge >= 0.3 is 0 Å². The topological polar surface area (TPSA) is 20.3 Å². The number of rotatable bonds is 1. The third kappa shape index (κ3) is 2.47. The lowest BCUT2D eigenvalue weighted by Gasteiger charge is -2.32. The molecule has 0 unspecified atom stereocenters. The Bertz CT molecular complexity index is 818. The van der Waals surface area contributed by atoms with E-state index in [0.717, 1.165) is 18.5 Å². The van der Waals surface area contributed by atoms with Crippen molar-refractivity contribution in [3.8, 4) is 0 Å². The van der Waals surface area contributed by atoms with Gasteiger partial charge in [0.05, 0.1) is 12.2 Å². The summed E-state index contributed by atoms with van der Waals surface area (Å²) in [5, 5.41) is 0. The zero-order valence-electron chi connectivity index (χ0n) is 14.2. The van der Waals surface area contributed by atoms with Crippen LogP contribution in [0.25, 0.3) is 11.1 Å². The largest absolute Gasteiger partial charge is 0.307 e. The number of hydrogen-bond acceptors (Lipinski definition) is 1. The van der Waals surface area contributed by atoms with Crippen molar-refractivity contribution in [1.82, 2.24) is 0 Å². The molecule has 0 aromatic heterocycles. The van der Waals surface area contributed by atoms with Crippen LogP contribution in [0.15, 0.2) is 48.5 Å². The van der Waals surface area contributed by atoms with E-state index in [1.807, 2.05) is 17.9 Å². The molecule has 1 aliphatic carbocycles. The van der Waals surface area contributed by atoms with E-state index in [2.05, 4.69) is 42.5 Å². The second-order valence-electron chi connectivity index (χ2n) is 6.67. The molecule has 24 heavy (non-hydrogen) atoms. The summed E-state index contributed by atoms with van der Waals surface area (Å²) in [7, 11) is 0. The van der Waals surface area contributed by atoms with Crippen molar-refractivity contribution in [2.75, 3.05) is 4.90 Å². The molecule has 2 heteroatoms. The third-order valence-electron chi connectivity index (χ3n) is 5.26. The van der Waals surface area contributed by atoms with Gasteiger partial charge in [-0.05, 0) is 54.0 Å². The quantitative estimate of drug-likeness (QED) is 0.687. The number of nitrogens with zero attached hydrogens (tertiary/aromatic N) is 1. The van der Waals surface area contributed by atoms with E-state index in [0.29, 0.717) is 13.0 Å². The molecule has 0 saturated carbocycles. The maximum absolute atomic E-state index is 12.7. The molecular weight excluding hydrogens is 294 g/mol. The average molecular weight is 317 g/mol. The molecule has 0 atom stereocenters. The van der Waals surface area contributed by atoms with Gasteiger partial charge in [-0.2, -0.15) is 0 Å². The molecule has 2 nitrogen and oxygen atoms in total. The number of carbonyl (C=O) groups is 1. The third-order valence-corrected chi connectivity index (χ3v) is 5.26. The first kappa shape index (κ1) is 15.2. The zero-order chi connectivity index (χ0) is 16.5. The van der Waals surface area contributed by atoms with Gasteiger partial charge in [0.25, 0.3) is 0 Å². The molecule has 0 N–H and O–H groups in total. The maximum atomic E-state index is 12.7. The molecule has 4 rings (SSSR count). The SMILES string of the molecule is CCC(=O)N1Cc2ccccc2C2=C(CCCC2)c2ccccc21. The Balaban J connectivity index is 2.01. The molecule has 2 aromatic rings. The van der Waals surface area contributed by atoms with Gasteiger partial charge in [0, 0.05) is 12.0 Å². The number of allylic oxidation sites excluding steroid dienone is 2. The minimum Gasteiger partial charge on any atom is -0.307 e. The van der Waals surface area contributed by atoms with Gasteiger partial charge in [-0.15, -0.1) is 0 Å². The summed E-state index contributed by atoms with van der Waals surface area (Å²) in [5.41, 5.74) is 7.88. The number of carbonyl (C=O) groups excluding carboxylic acids is 1. The van der Waals surface area contributed by atoms with Crippen LogP contribution in [0.5, 0.6) is 0 Å². The first-order valence-corrected chi connectivity index (χ1v) is 8.99. The number of para-hydroxylation sites is 1. The van der Waals surface area contributed by atoms with Gasteiger partial charge in [-0.1, -0.05) is 49.4 Å². The molecule has 0 spiro atoms. The van der Waals surface area contributed by atoms with E-state index >= 15 is 0 Å². The minimum absolute atomic E-state index is 0.192. The first-order valence-electron chi connectivity index (χ1n) is 8.99. The minimum atomic E-state index is 0.192. The highest BCUT2D eigenvalue weighted by Gasteiger charge is 2.27. The Kier molecular flexibility index (Phi) is 3.97. The molecule has 0 fully saturated rings. The molecule has 0 radical (unpaired) electrons. The molecule has 2 aromatic carbocycles. The second-order valence-corrected chi connectivity index (χ2v) is 6.67. The lowest BCUT2D eigenvalue weighted by molar-refractivity contribution is -0.118. The number of amides is 1. The van der Waals surface area contributed by atoms with Crippen molar-refractivity contribution in [3.63, 3.8) is 0 Å². The standard InChI is InChI=1S/C22H23NO/c1-2-22(24)23-15-16-9-3-4-10-17(16)18-11-5-6-12-19(18)20-13-7-8-14-21(20)23/h3-4,7-10,13-14H,2,5-6,11-12,15H2,1H3. The predicted molar refractivity (Wildman–Crippen MR) is 99.6 cm³/mol. The summed E-state index contributed by atoms with van der Waals surface area (Å²) in [6.45, 7) is 2.61. The molecule has 0 saturated heterocycles. The Morgan fingerprint density at radius 1 is 0.917 bits per heavy atom. The highest BCUT2D eigenvalue weighted by atomic mass is 16.2. The summed E-state index contributed by atoms with van der Waals surface area (Å²) in [4.78, 5) is 14.7. The molecule has 1 amide bonds. The summed E-state index contributed by atoms with van der Waals surface area (Å²) >= 11 is 0. The normalized spacial score (nSPS) is 16.6. The van der Waals surface area contributed by atoms with E-state index in [9.17, 15) is 4.79 Å². The van der Waals surface area contributed by atoms with E-state index < -0.39 is 0 Å². The number of hydrogen-bond donors (Lipinski definition) is 0. The van der Waals surface area contributed by atoms with Crippen LogP contribution in [0.2, 0.25) is 0 Å². The molecular formula is C22H23NO. The highest BCUT2D eigenvalue weighted by Crippen LogP contribution is 2.44. The fraction of sp³-hybridized carbons (Fsp3) is 0.318. The smallest absolute Gasteiger partial charge is 0.227 e. The Morgan fingerprint density at radius 2 is 1.54 bits per heavy atom. The van der Waals surface area contributed by atoms with Gasteiger partial charge in [0.1, 0.15) is 0 Å². The van der Waals surface area contributed by atoms with Gasteiger partial charge < -0.3 is 4.90 Å². The molecule has 1 aliphatic heterocycles. The van der Waals surface area contributed by atoms with Crippen LogP contribution in [0.4, 0.5) is 5.69 Å². The Labute approximate surface area is 143 Å². The van der Waals surface area contributed by atoms with Crippen molar-refractivity contribution >= 4 is 22.7 Å². The van der Waals surface area contributed by atoms with Crippen molar-refractivity contribution in [3.05, 3.63) is 65.2 Å². The van der Waals surface area contributed by atoms with Gasteiger partial charge in [0.15, 0.2) is 0 Å². The van der Waals surface area contributed by atoms with E-state index in [1.54, 1.807) is 0 Å². The van der Waals surface area contributed by atoms with Gasteiger partial charge in [-0.25, -0.2) is 0 Å². The van der Waals surface area contributed by atoms with Crippen LogP contribution in [0, 0.1) is 0 Å². The second kappa shape index (κ2) is 6.27. The van der Waals surface area contributed by atoms with E-state index in [-0.39, 0.29) is 5.91 Å². The van der Waals surface area contributed by atoms with Crippen LogP contribution in [0.3, 0.4) is 0 Å². The lowest BCUT2D eigenvalue weighted by Crippen LogP contribution is -2.31. The summed E-state index contributed by atoms with van der Waals surface area (Å²) in [5.74, 6) is 0.192. The maximum Gasteiger partial charge on any atom is 0.227 e. The zero-order valence-corrected chi connectivity index (χ0v) is 14.2. The Morgan fingerprint density at radius 3 is 2.29 bits per heavy atom. The van der Waals surface area contributed by atoms with Crippen LogP contribution in [-0.4, -0.2) is 5.91 Å². The number of fused-ring (bicyclic) bond motifs is 4. The highest BCUT2D eigenvalue weighted by molar-refractivity contribution is 6.02. The Hall–Kier alpha value is -2.35. The summed E-state index contributed by atoms with van der Waals surface area (Å²) in [6, 6.07) is 17.1. The van der Waals surface area contributed by atoms with Crippen LogP contribution in [-0.2, 0) is 11.3 Å². The summed E-state index contributed by atoms with van der Waals surface area (Å²) in [6.07, 6.45) is 5.27.